The standard InChI is InChI=1S/C18H14FN3O2/c19-12-5-2-7-14-17(12)18(21-10-20-14)24-15-8-3-6-13-11(15)4-1-9-16(23)22-13/h2-3,5-8,10H,1,4,9H2,(H,22,23). The largest absolute Gasteiger partial charge is 0.438 e. The Kier molecular flexibility index (Phi) is 3.57. The molecule has 1 amide bonds. The first-order valence-electron chi connectivity index (χ1n) is 7.71. The van der Waals surface area contributed by atoms with E-state index in [9.17, 15) is 9.18 Å². The van der Waals surface area contributed by atoms with E-state index in [1.807, 2.05) is 6.07 Å². The maximum atomic E-state index is 14.2. The zero-order valence-electron chi connectivity index (χ0n) is 12.8. The van der Waals surface area contributed by atoms with E-state index in [4.69, 9.17) is 4.74 Å². The van der Waals surface area contributed by atoms with E-state index in [0.717, 1.165) is 17.7 Å². The Hall–Kier alpha value is -3.02. The van der Waals surface area contributed by atoms with Gasteiger partial charge in [0.25, 0.3) is 0 Å². The van der Waals surface area contributed by atoms with Gasteiger partial charge in [-0.25, -0.2) is 14.4 Å². The number of carbonyl (C=O) groups excluding carboxylic acids is 1. The number of ether oxygens (including phenoxy) is 1. The van der Waals surface area contributed by atoms with Crippen molar-refractivity contribution in [3.63, 3.8) is 0 Å². The van der Waals surface area contributed by atoms with Gasteiger partial charge in [-0.05, 0) is 37.1 Å². The second-order valence-electron chi connectivity index (χ2n) is 5.60. The van der Waals surface area contributed by atoms with Crippen molar-refractivity contribution < 1.29 is 13.9 Å². The van der Waals surface area contributed by atoms with Gasteiger partial charge in [-0.1, -0.05) is 12.1 Å². The second-order valence-corrected chi connectivity index (χ2v) is 5.60. The SMILES string of the molecule is O=C1CCCc2c(cccc2Oc2ncnc3cccc(F)c23)N1. The van der Waals surface area contributed by atoms with Crippen LogP contribution in [0.25, 0.3) is 10.9 Å². The van der Waals surface area contributed by atoms with Crippen molar-refractivity contribution in [2.45, 2.75) is 19.3 Å². The summed E-state index contributed by atoms with van der Waals surface area (Å²) in [4.78, 5) is 19.9. The fourth-order valence-electron chi connectivity index (χ4n) is 2.90. The summed E-state index contributed by atoms with van der Waals surface area (Å²) < 4.78 is 20.1. The number of benzene rings is 2. The molecule has 0 spiro atoms. The zero-order valence-corrected chi connectivity index (χ0v) is 12.8. The van der Waals surface area contributed by atoms with E-state index in [1.54, 1.807) is 24.3 Å². The monoisotopic (exact) mass is 323 g/mol. The van der Waals surface area contributed by atoms with Crippen molar-refractivity contribution in [3.8, 4) is 11.6 Å². The van der Waals surface area contributed by atoms with Crippen molar-refractivity contribution in [3.05, 3.63) is 54.1 Å². The lowest BCUT2D eigenvalue weighted by atomic mass is 10.1. The van der Waals surface area contributed by atoms with E-state index < -0.39 is 5.82 Å². The Morgan fingerprint density at radius 2 is 1.96 bits per heavy atom. The highest BCUT2D eigenvalue weighted by Crippen LogP contribution is 2.35. The summed E-state index contributed by atoms with van der Waals surface area (Å²) in [5, 5.41) is 3.12. The van der Waals surface area contributed by atoms with Crippen molar-refractivity contribution in [1.82, 2.24) is 9.97 Å². The Bertz CT molecular complexity index is 937. The van der Waals surface area contributed by atoms with Crippen LogP contribution in [0.1, 0.15) is 18.4 Å². The third-order valence-corrected chi connectivity index (χ3v) is 4.02. The van der Waals surface area contributed by atoms with Gasteiger partial charge < -0.3 is 10.1 Å². The number of amides is 1. The molecule has 1 N–H and O–H groups in total. The number of hydrogen-bond acceptors (Lipinski definition) is 4. The van der Waals surface area contributed by atoms with Gasteiger partial charge in [0.15, 0.2) is 0 Å². The van der Waals surface area contributed by atoms with Crippen LogP contribution >= 0.6 is 0 Å². The zero-order chi connectivity index (χ0) is 16.5. The van der Waals surface area contributed by atoms with Crippen LogP contribution in [-0.4, -0.2) is 15.9 Å². The lowest BCUT2D eigenvalue weighted by molar-refractivity contribution is -0.116. The molecular formula is C18H14FN3O2. The van der Waals surface area contributed by atoms with Gasteiger partial charge in [0.2, 0.25) is 11.8 Å². The Morgan fingerprint density at radius 3 is 2.88 bits per heavy atom. The van der Waals surface area contributed by atoms with Crippen molar-refractivity contribution in [1.29, 1.82) is 0 Å². The predicted octanol–water partition coefficient (Wildman–Crippen LogP) is 3.84. The molecule has 0 saturated heterocycles. The molecule has 0 bridgehead atoms. The Balaban J connectivity index is 1.80. The maximum absolute atomic E-state index is 14.2. The van der Waals surface area contributed by atoms with Crippen LogP contribution < -0.4 is 10.1 Å². The molecule has 0 unspecified atom stereocenters. The number of fused-ring (bicyclic) bond motifs is 2. The minimum absolute atomic E-state index is 0.00979. The van der Waals surface area contributed by atoms with Gasteiger partial charge >= 0.3 is 0 Å². The lowest BCUT2D eigenvalue weighted by Crippen LogP contribution is -2.09. The van der Waals surface area contributed by atoms with Gasteiger partial charge in [-0.2, -0.15) is 0 Å². The number of anilines is 1. The van der Waals surface area contributed by atoms with Crippen LogP contribution in [0, 0.1) is 5.82 Å². The molecule has 0 aliphatic carbocycles. The molecule has 1 aliphatic rings. The van der Waals surface area contributed by atoms with Crippen LogP contribution in [0.4, 0.5) is 10.1 Å². The van der Waals surface area contributed by atoms with Crippen LogP contribution in [0.2, 0.25) is 0 Å². The van der Waals surface area contributed by atoms with Gasteiger partial charge in [-0.3, -0.25) is 4.79 Å². The maximum Gasteiger partial charge on any atom is 0.233 e. The molecule has 5 nitrogen and oxygen atoms in total. The number of hydrogen-bond donors (Lipinski definition) is 1. The van der Waals surface area contributed by atoms with E-state index in [1.165, 1.54) is 12.4 Å². The van der Waals surface area contributed by atoms with Crippen LogP contribution in [0.15, 0.2) is 42.7 Å². The summed E-state index contributed by atoms with van der Waals surface area (Å²) in [6, 6.07) is 10.1. The number of nitrogens with zero attached hydrogens (tertiary/aromatic N) is 2. The summed E-state index contributed by atoms with van der Waals surface area (Å²) >= 11 is 0. The van der Waals surface area contributed by atoms with Gasteiger partial charge in [0.05, 0.1) is 10.9 Å². The third-order valence-electron chi connectivity index (χ3n) is 4.02. The first-order chi connectivity index (χ1) is 11.7. The molecular weight excluding hydrogens is 309 g/mol. The second kappa shape index (κ2) is 5.88. The lowest BCUT2D eigenvalue weighted by Gasteiger charge is -2.14. The van der Waals surface area contributed by atoms with Gasteiger partial charge in [0, 0.05) is 17.7 Å². The fourth-order valence-corrected chi connectivity index (χ4v) is 2.90. The predicted molar refractivity (Wildman–Crippen MR) is 87.6 cm³/mol. The van der Waals surface area contributed by atoms with Gasteiger partial charge in [-0.15, -0.1) is 0 Å². The van der Waals surface area contributed by atoms with E-state index in [-0.39, 0.29) is 17.2 Å². The molecule has 2 aromatic carbocycles. The molecule has 0 saturated carbocycles. The molecule has 0 atom stereocenters. The normalized spacial score (nSPS) is 14.0. The summed E-state index contributed by atoms with van der Waals surface area (Å²) in [7, 11) is 0. The summed E-state index contributed by atoms with van der Waals surface area (Å²) in [5.74, 6) is 0.294. The molecule has 120 valence electrons. The average Bonchev–Trinajstić information content (AvgIpc) is 2.76. The Morgan fingerprint density at radius 1 is 1.08 bits per heavy atom. The summed E-state index contributed by atoms with van der Waals surface area (Å²) in [5.41, 5.74) is 2.11. The number of aromatic nitrogens is 2. The number of rotatable bonds is 2. The van der Waals surface area contributed by atoms with E-state index >= 15 is 0 Å². The highest BCUT2D eigenvalue weighted by molar-refractivity contribution is 5.92. The third kappa shape index (κ3) is 2.56. The van der Waals surface area contributed by atoms with Crippen molar-refractivity contribution >= 4 is 22.5 Å². The first-order valence-corrected chi connectivity index (χ1v) is 7.71. The molecule has 6 heteroatoms. The minimum Gasteiger partial charge on any atom is -0.438 e. The van der Waals surface area contributed by atoms with Crippen LogP contribution in [0.5, 0.6) is 11.6 Å². The van der Waals surface area contributed by atoms with E-state index in [0.29, 0.717) is 24.1 Å². The average molecular weight is 323 g/mol. The van der Waals surface area contributed by atoms with Crippen molar-refractivity contribution in [2.75, 3.05) is 5.32 Å². The number of halogens is 1. The highest BCUT2D eigenvalue weighted by Gasteiger charge is 2.18. The smallest absolute Gasteiger partial charge is 0.233 e. The summed E-state index contributed by atoms with van der Waals surface area (Å²) in [6.45, 7) is 0. The Labute approximate surface area is 137 Å². The molecule has 24 heavy (non-hydrogen) atoms. The molecule has 0 fully saturated rings. The quantitative estimate of drug-likeness (QED) is 0.778. The van der Waals surface area contributed by atoms with Gasteiger partial charge in [0.1, 0.15) is 17.9 Å². The number of carbonyl (C=O) groups is 1. The first kappa shape index (κ1) is 14.6. The molecule has 3 aromatic rings. The topological polar surface area (TPSA) is 64.1 Å². The van der Waals surface area contributed by atoms with Crippen LogP contribution in [-0.2, 0) is 11.2 Å². The number of nitrogens with one attached hydrogen (secondary N) is 1. The highest BCUT2D eigenvalue weighted by atomic mass is 19.1. The van der Waals surface area contributed by atoms with Crippen LogP contribution in [0.3, 0.4) is 0 Å². The molecule has 1 aliphatic heterocycles. The molecule has 2 heterocycles. The minimum atomic E-state index is -0.432. The molecule has 1 aromatic heterocycles. The summed E-state index contributed by atoms with van der Waals surface area (Å²) in [6.07, 6.45) is 3.26. The molecule has 0 radical (unpaired) electrons. The fraction of sp³-hybridized carbons (Fsp3) is 0.167. The van der Waals surface area contributed by atoms with Crippen molar-refractivity contribution in [2.24, 2.45) is 0 Å². The molecule has 4 rings (SSSR count). The van der Waals surface area contributed by atoms with E-state index in [2.05, 4.69) is 15.3 Å².